The highest BCUT2D eigenvalue weighted by Gasteiger charge is 2.24. The van der Waals surface area contributed by atoms with E-state index < -0.39 is 10.0 Å². The lowest BCUT2D eigenvalue weighted by atomic mass is 10.2. The number of rotatable bonds is 4. The molecule has 0 aliphatic heterocycles. The van der Waals surface area contributed by atoms with Gasteiger partial charge in [-0.1, -0.05) is 0 Å². The first kappa shape index (κ1) is 14.8. The predicted molar refractivity (Wildman–Crippen MR) is 80.5 cm³/mol. The normalized spacial score (nSPS) is 10.7. The molecule has 0 aliphatic rings. The Labute approximate surface area is 123 Å². The molecule has 1 heterocycles. The van der Waals surface area contributed by atoms with E-state index in [1.807, 2.05) is 6.07 Å². The van der Waals surface area contributed by atoms with Crippen molar-refractivity contribution < 1.29 is 8.42 Å². The molecule has 6 nitrogen and oxygen atoms in total. The highest BCUT2D eigenvalue weighted by atomic mass is 32.2. The Morgan fingerprint density at radius 2 is 1.90 bits per heavy atom. The molecule has 1 aromatic heterocycles. The Morgan fingerprint density at radius 3 is 2.48 bits per heavy atom. The maximum atomic E-state index is 12.6. The van der Waals surface area contributed by atoms with Gasteiger partial charge in [0, 0.05) is 20.3 Å². The van der Waals surface area contributed by atoms with Gasteiger partial charge in [-0.3, -0.25) is 4.31 Å². The molecule has 0 saturated heterocycles. The molecule has 1 N–H and O–H groups in total. The Hall–Kier alpha value is -2.59. The zero-order valence-electron chi connectivity index (χ0n) is 11.6. The number of nitrogens with zero attached hydrogens (tertiary/aromatic N) is 3. The fraction of sp³-hybridized carbons (Fsp3) is 0.143. The minimum Gasteiger partial charge on any atom is -0.372 e. The van der Waals surface area contributed by atoms with Gasteiger partial charge in [-0.25, -0.2) is 13.4 Å². The Kier molecular flexibility index (Phi) is 4.10. The summed E-state index contributed by atoms with van der Waals surface area (Å²) in [5, 5.41) is 11.5. The van der Waals surface area contributed by atoms with Gasteiger partial charge in [0.2, 0.25) is 0 Å². The average molecular weight is 302 g/mol. The van der Waals surface area contributed by atoms with Gasteiger partial charge in [0.15, 0.2) is 0 Å². The topological polar surface area (TPSA) is 86.1 Å². The summed E-state index contributed by atoms with van der Waals surface area (Å²) in [6.45, 7) is 0. The van der Waals surface area contributed by atoms with E-state index in [1.165, 1.54) is 19.3 Å². The lowest BCUT2D eigenvalue weighted by Gasteiger charge is -2.20. The smallest absolute Gasteiger partial charge is 0.267 e. The monoisotopic (exact) mass is 302 g/mol. The first-order chi connectivity index (χ1) is 10.0. The van der Waals surface area contributed by atoms with Crippen molar-refractivity contribution in [2.75, 3.05) is 23.7 Å². The summed E-state index contributed by atoms with van der Waals surface area (Å²) in [5.74, 6) is 0.290. The van der Waals surface area contributed by atoms with Crippen molar-refractivity contribution in [3.63, 3.8) is 0 Å². The van der Waals surface area contributed by atoms with Gasteiger partial charge in [0.1, 0.15) is 10.7 Å². The molecule has 2 rings (SSSR count). The molecule has 108 valence electrons. The van der Waals surface area contributed by atoms with Crippen LogP contribution < -0.4 is 9.62 Å². The number of hydrogen-bond donors (Lipinski definition) is 1. The van der Waals surface area contributed by atoms with E-state index in [0.717, 1.165) is 4.31 Å². The predicted octanol–water partition coefficient (Wildman–Crippen LogP) is 1.82. The molecule has 7 heteroatoms. The highest BCUT2D eigenvalue weighted by molar-refractivity contribution is 7.93. The van der Waals surface area contributed by atoms with Gasteiger partial charge < -0.3 is 5.32 Å². The van der Waals surface area contributed by atoms with Crippen molar-refractivity contribution >= 4 is 21.5 Å². The largest absolute Gasteiger partial charge is 0.372 e. The van der Waals surface area contributed by atoms with Gasteiger partial charge in [-0.15, -0.1) is 0 Å². The van der Waals surface area contributed by atoms with Crippen molar-refractivity contribution in [2.24, 2.45) is 0 Å². The van der Waals surface area contributed by atoms with Gasteiger partial charge in [0.25, 0.3) is 10.0 Å². The second-order valence-corrected chi connectivity index (χ2v) is 6.17. The number of anilines is 2. The van der Waals surface area contributed by atoms with Crippen LogP contribution in [-0.4, -0.2) is 27.5 Å². The molecule has 0 spiro atoms. The Balaban J connectivity index is 2.45. The zero-order chi connectivity index (χ0) is 15.5. The van der Waals surface area contributed by atoms with E-state index in [1.54, 1.807) is 37.4 Å². The molecule has 0 unspecified atom stereocenters. The Bertz CT molecular complexity index is 779. The first-order valence-electron chi connectivity index (χ1n) is 6.12. The average Bonchev–Trinajstić information content (AvgIpc) is 2.54. The number of nitrogens with one attached hydrogen (secondary N) is 1. The summed E-state index contributed by atoms with van der Waals surface area (Å²) in [6, 6.07) is 11.4. The van der Waals surface area contributed by atoms with Gasteiger partial charge in [-0.05, 0) is 36.4 Å². The standard InChI is InChI=1S/C14H14N4O2S/c1-16-14-13(4-3-9-17-14)21(19,20)18(2)12-7-5-11(10-15)6-8-12/h3-9H,1-2H3,(H,16,17). The zero-order valence-corrected chi connectivity index (χ0v) is 12.4. The SMILES string of the molecule is CNc1ncccc1S(=O)(=O)N(C)c1ccc(C#N)cc1. The summed E-state index contributed by atoms with van der Waals surface area (Å²) in [6.07, 6.45) is 1.52. The van der Waals surface area contributed by atoms with Gasteiger partial charge >= 0.3 is 0 Å². The van der Waals surface area contributed by atoms with Crippen molar-refractivity contribution in [1.82, 2.24) is 4.98 Å². The van der Waals surface area contributed by atoms with Gasteiger partial charge in [0.05, 0.1) is 17.3 Å². The third-order valence-electron chi connectivity index (χ3n) is 3.01. The summed E-state index contributed by atoms with van der Waals surface area (Å²) in [4.78, 5) is 4.10. The summed E-state index contributed by atoms with van der Waals surface area (Å²) in [5.41, 5.74) is 0.946. The van der Waals surface area contributed by atoms with Crippen LogP contribution in [0.25, 0.3) is 0 Å². The van der Waals surface area contributed by atoms with Crippen LogP contribution in [0.2, 0.25) is 0 Å². The number of aromatic nitrogens is 1. The number of benzene rings is 1. The maximum absolute atomic E-state index is 12.6. The van der Waals surface area contributed by atoms with Crippen LogP contribution in [0.15, 0.2) is 47.5 Å². The number of nitriles is 1. The van der Waals surface area contributed by atoms with E-state index in [2.05, 4.69) is 10.3 Å². The van der Waals surface area contributed by atoms with Crippen LogP contribution in [0.4, 0.5) is 11.5 Å². The van der Waals surface area contributed by atoms with E-state index in [4.69, 9.17) is 5.26 Å². The molecule has 0 aliphatic carbocycles. The maximum Gasteiger partial charge on any atom is 0.267 e. The van der Waals surface area contributed by atoms with Crippen molar-refractivity contribution in [2.45, 2.75) is 4.90 Å². The second-order valence-electron chi connectivity index (χ2n) is 4.23. The molecule has 0 fully saturated rings. The lowest BCUT2D eigenvalue weighted by molar-refractivity contribution is 0.594. The van der Waals surface area contributed by atoms with Crippen molar-refractivity contribution in [3.8, 4) is 6.07 Å². The molecule has 0 amide bonds. The first-order valence-corrected chi connectivity index (χ1v) is 7.56. The van der Waals surface area contributed by atoms with Gasteiger partial charge in [-0.2, -0.15) is 5.26 Å². The molecule has 2 aromatic rings. The molecule has 0 atom stereocenters. The minimum absolute atomic E-state index is 0.0966. The highest BCUT2D eigenvalue weighted by Crippen LogP contribution is 2.25. The fourth-order valence-corrected chi connectivity index (χ4v) is 3.16. The molecular weight excluding hydrogens is 288 g/mol. The fourth-order valence-electron chi connectivity index (χ4n) is 1.82. The van der Waals surface area contributed by atoms with E-state index in [-0.39, 0.29) is 10.7 Å². The summed E-state index contributed by atoms with van der Waals surface area (Å²) >= 11 is 0. The molecule has 0 radical (unpaired) electrons. The lowest BCUT2D eigenvalue weighted by Crippen LogP contribution is -2.27. The van der Waals surface area contributed by atoms with Crippen molar-refractivity contribution in [1.29, 1.82) is 5.26 Å². The summed E-state index contributed by atoms with van der Waals surface area (Å²) in [7, 11) is -0.653. The van der Waals surface area contributed by atoms with E-state index >= 15 is 0 Å². The third-order valence-corrected chi connectivity index (χ3v) is 4.82. The Morgan fingerprint density at radius 1 is 1.24 bits per heavy atom. The van der Waals surface area contributed by atoms with Crippen LogP contribution in [0.3, 0.4) is 0 Å². The number of sulfonamides is 1. The molecule has 0 bridgehead atoms. The van der Waals surface area contributed by atoms with Crippen molar-refractivity contribution in [3.05, 3.63) is 48.2 Å². The molecule has 21 heavy (non-hydrogen) atoms. The van der Waals surface area contributed by atoms with Crippen LogP contribution in [-0.2, 0) is 10.0 Å². The summed E-state index contributed by atoms with van der Waals surface area (Å²) < 4.78 is 26.5. The third kappa shape index (κ3) is 2.80. The minimum atomic E-state index is -3.73. The molecule has 0 saturated carbocycles. The van der Waals surface area contributed by atoms with Crippen LogP contribution in [0.5, 0.6) is 0 Å². The van der Waals surface area contributed by atoms with Crippen LogP contribution in [0.1, 0.15) is 5.56 Å². The number of hydrogen-bond acceptors (Lipinski definition) is 5. The second kappa shape index (κ2) is 5.81. The molecule has 1 aromatic carbocycles. The van der Waals surface area contributed by atoms with Crippen LogP contribution >= 0.6 is 0 Å². The number of pyridine rings is 1. The molecular formula is C14H14N4O2S. The van der Waals surface area contributed by atoms with Crippen LogP contribution in [0, 0.1) is 11.3 Å². The van der Waals surface area contributed by atoms with E-state index in [9.17, 15) is 8.42 Å². The quantitative estimate of drug-likeness (QED) is 0.931. The van der Waals surface area contributed by atoms with E-state index in [0.29, 0.717) is 11.3 Å².